The van der Waals surface area contributed by atoms with Gasteiger partial charge in [0.2, 0.25) is 11.8 Å². The number of amides is 2. The zero-order valence-electron chi connectivity index (χ0n) is 13.3. The van der Waals surface area contributed by atoms with Gasteiger partial charge in [0.05, 0.1) is 12.0 Å². The maximum atomic E-state index is 12.1. The van der Waals surface area contributed by atoms with Gasteiger partial charge in [-0.15, -0.1) is 0 Å². The number of nitrogens with one attached hydrogen (secondary N) is 1. The summed E-state index contributed by atoms with van der Waals surface area (Å²) >= 11 is 0. The van der Waals surface area contributed by atoms with Crippen LogP contribution in [0.15, 0.2) is 12.3 Å². The lowest BCUT2D eigenvalue weighted by atomic mass is 9.48. The molecule has 7 heteroatoms. The first-order chi connectivity index (χ1) is 10.2. The van der Waals surface area contributed by atoms with Crippen LogP contribution in [0, 0.1) is 16.7 Å². The molecule has 1 aromatic heterocycles. The van der Waals surface area contributed by atoms with Gasteiger partial charge < -0.3 is 11.1 Å². The number of aromatic nitrogens is 2. The highest BCUT2D eigenvalue weighted by atomic mass is 16.2. The summed E-state index contributed by atoms with van der Waals surface area (Å²) in [5, 5.41) is 6.90. The lowest BCUT2D eigenvalue weighted by Crippen LogP contribution is -2.59. The SMILES string of the molecule is Cn1ccc(NC(=O)CN2C[C@@H]3C(C)(C)C[C@]3(C(N)=O)C2)n1. The van der Waals surface area contributed by atoms with Crippen LogP contribution in [0.4, 0.5) is 5.82 Å². The topological polar surface area (TPSA) is 93.3 Å². The summed E-state index contributed by atoms with van der Waals surface area (Å²) in [6.45, 7) is 5.91. The monoisotopic (exact) mass is 305 g/mol. The van der Waals surface area contributed by atoms with Gasteiger partial charge in [-0.25, -0.2) is 0 Å². The Balaban J connectivity index is 1.63. The van der Waals surface area contributed by atoms with Crippen molar-refractivity contribution in [3.8, 4) is 0 Å². The number of primary amides is 1. The maximum Gasteiger partial charge on any atom is 0.239 e. The van der Waals surface area contributed by atoms with E-state index in [0.29, 0.717) is 12.4 Å². The van der Waals surface area contributed by atoms with Gasteiger partial charge in [-0.05, 0) is 17.8 Å². The van der Waals surface area contributed by atoms with Crippen molar-refractivity contribution in [1.29, 1.82) is 0 Å². The second-order valence-electron chi connectivity index (χ2n) is 7.33. The lowest BCUT2D eigenvalue weighted by molar-refractivity contribution is -0.148. The fourth-order valence-electron chi connectivity index (χ4n) is 4.31. The largest absolute Gasteiger partial charge is 0.369 e. The van der Waals surface area contributed by atoms with Gasteiger partial charge >= 0.3 is 0 Å². The van der Waals surface area contributed by atoms with Gasteiger partial charge in [0.1, 0.15) is 0 Å². The number of anilines is 1. The first-order valence-corrected chi connectivity index (χ1v) is 7.55. The third-order valence-corrected chi connectivity index (χ3v) is 5.17. The van der Waals surface area contributed by atoms with Crippen molar-refractivity contribution in [2.75, 3.05) is 25.0 Å². The highest BCUT2D eigenvalue weighted by molar-refractivity contribution is 5.91. The second kappa shape index (κ2) is 4.81. The number of aryl methyl sites for hydroxylation is 1. The predicted octanol–water partition coefficient (Wildman–Crippen LogP) is 0.192. The van der Waals surface area contributed by atoms with Gasteiger partial charge in [-0.2, -0.15) is 5.10 Å². The van der Waals surface area contributed by atoms with E-state index in [4.69, 9.17) is 5.73 Å². The van der Waals surface area contributed by atoms with Crippen LogP contribution in [0.25, 0.3) is 0 Å². The zero-order valence-corrected chi connectivity index (χ0v) is 13.3. The quantitative estimate of drug-likeness (QED) is 0.830. The summed E-state index contributed by atoms with van der Waals surface area (Å²) < 4.78 is 1.64. The normalized spacial score (nSPS) is 29.7. The molecule has 22 heavy (non-hydrogen) atoms. The highest BCUT2D eigenvalue weighted by Crippen LogP contribution is 2.62. The van der Waals surface area contributed by atoms with E-state index in [1.165, 1.54) is 0 Å². The number of carbonyl (C=O) groups is 2. The third-order valence-electron chi connectivity index (χ3n) is 5.17. The van der Waals surface area contributed by atoms with Crippen molar-refractivity contribution < 1.29 is 9.59 Å². The molecule has 7 nitrogen and oxygen atoms in total. The van der Waals surface area contributed by atoms with E-state index in [9.17, 15) is 9.59 Å². The molecule has 1 aliphatic carbocycles. The first-order valence-electron chi connectivity index (χ1n) is 7.55. The average Bonchev–Trinajstić information content (AvgIpc) is 2.92. The van der Waals surface area contributed by atoms with Crippen LogP contribution >= 0.6 is 0 Å². The number of carbonyl (C=O) groups excluding carboxylic acids is 2. The Morgan fingerprint density at radius 1 is 1.50 bits per heavy atom. The molecule has 0 bridgehead atoms. The molecule has 1 aromatic rings. The Labute approximate surface area is 129 Å². The molecule has 1 saturated carbocycles. The van der Waals surface area contributed by atoms with Crippen LogP contribution in [0.1, 0.15) is 20.3 Å². The summed E-state index contributed by atoms with van der Waals surface area (Å²) in [5.41, 5.74) is 5.30. The highest BCUT2D eigenvalue weighted by Gasteiger charge is 2.65. The molecule has 3 rings (SSSR count). The molecule has 1 saturated heterocycles. The van der Waals surface area contributed by atoms with Crippen LogP contribution in [0.3, 0.4) is 0 Å². The van der Waals surface area contributed by atoms with E-state index < -0.39 is 5.41 Å². The number of nitrogens with two attached hydrogens (primary N) is 1. The molecule has 2 fully saturated rings. The molecule has 2 aliphatic rings. The van der Waals surface area contributed by atoms with E-state index in [1.54, 1.807) is 24.0 Å². The van der Waals surface area contributed by atoms with Gasteiger partial charge in [0.15, 0.2) is 5.82 Å². The maximum absolute atomic E-state index is 12.1. The summed E-state index contributed by atoms with van der Waals surface area (Å²) in [7, 11) is 1.80. The summed E-state index contributed by atoms with van der Waals surface area (Å²) in [6, 6.07) is 1.75. The van der Waals surface area contributed by atoms with Crippen molar-refractivity contribution in [2.45, 2.75) is 20.3 Å². The van der Waals surface area contributed by atoms with Crippen LogP contribution in [0.2, 0.25) is 0 Å². The first kappa shape index (κ1) is 15.0. The van der Waals surface area contributed by atoms with Gasteiger partial charge in [0.25, 0.3) is 0 Å². The summed E-state index contributed by atoms with van der Waals surface area (Å²) in [6.07, 6.45) is 2.58. The molecule has 2 atom stereocenters. The Hall–Kier alpha value is -1.89. The van der Waals surface area contributed by atoms with E-state index in [2.05, 4.69) is 24.3 Å². The molecule has 2 heterocycles. The number of hydrogen-bond acceptors (Lipinski definition) is 4. The minimum Gasteiger partial charge on any atom is -0.369 e. The van der Waals surface area contributed by atoms with E-state index in [0.717, 1.165) is 13.0 Å². The minimum atomic E-state index is -0.450. The Kier molecular flexibility index (Phi) is 3.28. The van der Waals surface area contributed by atoms with Crippen molar-refractivity contribution in [3.63, 3.8) is 0 Å². The number of rotatable bonds is 4. The minimum absolute atomic E-state index is 0.112. The van der Waals surface area contributed by atoms with Crippen molar-refractivity contribution in [2.24, 2.45) is 29.5 Å². The number of nitrogens with zero attached hydrogens (tertiary/aromatic N) is 3. The summed E-state index contributed by atoms with van der Waals surface area (Å²) in [5.74, 6) is 0.432. The number of likely N-dealkylation sites (tertiary alicyclic amines) is 1. The van der Waals surface area contributed by atoms with Crippen LogP contribution in [0.5, 0.6) is 0 Å². The van der Waals surface area contributed by atoms with Crippen molar-refractivity contribution in [3.05, 3.63) is 12.3 Å². The summed E-state index contributed by atoms with van der Waals surface area (Å²) in [4.78, 5) is 26.0. The molecular weight excluding hydrogens is 282 g/mol. The van der Waals surface area contributed by atoms with Crippen LogP contribution in [-0.4, -0.2) is 46.1 Å². The molecule has 2 amide bonds. The average molecular weight is 305 g/mol. The number of hydrogen-bond donors (Lipinski definition) is 2. The molecule has 1 aliphatic heterocycles. The van der Waals surface area contributed by atoms with Crippen LogP contribution in [-0.2, 0) is 16.6 Å². The zero-order chi connectivity index (χ0) is 16.1. The Morgan fingerprint density at radius 3 is 2.73 bits per heavy atom. The van der Waals surface area contributed by atoms with Crippen molar-refractivity contribution in [1.82, 2.24) is 14.7 Å². The molecule has 0 radical (unpaired) electrons. The van der Waals surface area contributed by atoms with Crippen LogP contribution < -0.4 is 11.1 Å². The van der Waals surface area contributed by atoms with Crippen molar-refractivity contribution >= 4 is 17.6 Å². The molecule has 3 N–H and O–H groups in total. The third kappa shape index (κ3) is 2.29. The molecular formula is C15H23N5O2. The van der Waals surface area contributed by atoms with E-state index in [-0.39, 0.29) is 29.7 Å². The molecule has 0 unspecified atom stereocenters. The fraction of sp³-hybridized carbons (Fsp3) is 0.667. The predicted molar refractivity (Wildman–Crippen MR) is 81.8 cm³/mol. The Bertz CT molecular complexity index is 623. The van der Waals surface area contributed by atoms with Gasteiger partial charge in [-0.3, -0.25) is 19.2 Å². The fourth-order valence-corrected chi connectivity index (χ4v) is 4.31. The lowest BCUT2D eigenvalue weighted by Gasteiger charge is -2.54. The molecule has 120 valence electrons. The number of fused-ring (bicyclic) bond motifs is 1. The standard InChI is InChI=1S/C15H23N5O2/c1-14(2)8-15(13(16)22)9-20(6-10(14)15)7-12(21)17-11-4-5-19(3)18-11/h4-5,10H,6-9H2,1-3H3,(H2,16,22)(H,17,18,21)/t10-,15+/m1/s1. The van der Waals surface area contributed by atoms with Gasteiger partial charge in [0, 0.05) is 32.4 Å². The van der Waals surface area contributed by atoms with E-state index in [1.807, 2.05) is 4.90 Å². The Morgan fingerprint density at radius 2 is 2.23 bits per heavy atom. The van der Waals surface area contributed by atoms with E-state index >= 15 is 0 Å². The molecule has 0 aromatic carbocycles. The second-order valence-corrected chi connectivity index (χ2v) is 7.33. The van der Waals surface area contributed by atoms with Gasteiger partial charge in [-0.1, -0.05) is 13.8 Å². The molecule has 0 spiro atoms. The smallest absolute Gasteiger partial charge is 0.239 e.